The molecule has 0 radical (unpaired) electrons. The first kappa shape index (κ1) is 15.1. The second kappa shape index (κ2) is 5.24. The van der Waals surface area contributed by atoms with Gasteiger partial charge in [-0.05, 0) is 12.5 Å². The van der Waals surface area contributed by atoms with E-state index >= 15 is 0 Å². The van der Waals surface area contributed by atoms with Crippen LogP contribution in [0.25, 0.3) is 0 Å². The normalized spacial score (nSPS) is 31.9. The summed E-state index contributed by atoms with van der Waals surface area (Å²) in [5.74, 6) is -2.60. The Labute approximate surface area is 117 Å². The summed E-state index contributed by atoms with van der Waals surface area (Å²) in [5.41, 5.74) is 0.240. The van der Waals surface area contributed by atoms with E-state index < -0.39 is 41.2 Å². The molecule has 0 bridgehead atoms. The van der Waals surface area contributed by atoms with Crippen molar-refractivity contribution in [3.63, 3.8) is 0 Å². The fraction of sp³-hybridized carbons (Fsp3) is 0.636. The van der Waals surface area contributed by atoms with Crippen molar-refractivity contribution in [3.05, 3.63) is 11.3 Å². The molecule has 0 aromatic rings. The van der Waals surface area contributed by atoms with Gasteiger partial charge in [-0.25, -0.2) is 13.7 Å². The van der Waals surface area contributed by atoms with E-state index in [1.165, 1.54) is 11.8 Å². The van der Waals surface area contributed by atoms with Crippen molar-refractivity contribution >= 4 is 23.1 Å². The summed E-state index contributed by atoms with van der Waals surface area (Å²) in [6.07, 6.45) is -0.861. The molecular formula is C11H16N2O6S. The summed E-state index contributed by atoms with van der Waals surface area (Å²) < 4.78 is 21.6. The number of carbonyl (C=O) groups is 2. The van der Waals surface area contributed by atoms with E-state index in [4.69, 9.17) is 4.55 Å². The molecule has 1 saturated heterocycles. The van der Waals surface area contributed by atoms with Gasteiger partial charge >= 0.3 is 5.97 Å². The first-order chi connectivity index (χ1) is 9.27. The smallest absolute Gasteiger partial charge is 0.352 e. The van der Waals surface area contributed by atoms with Crippen LogP contribution in [-0.2, 0) is 20.9 Å². The Balaban J connectivity index is 2.32. The zero-order valence-electron chi connectivity index (χ0n) is 10.9. The highest BCUT2D eigenvalue weighted by atomic mass is 32.2. The minimum atomic E-state index is -2.26. The van der Waals surface area contributed by atoms with Crippen LogP contribution >= 0.6 is 0 Å². The average Bonchev–Trinajstić information content (AvgIpc) is 2.56. The van der Waals surface area contributed by atoms with Crippen LogP contribution in [0.3, 0.4) is 0 Å². The lowest BCUT2D eigenvalue weighted by Crippen LogP contribution is -2.63. The molecule has 0 aromatic heterocycles. The number of nitrogens with zero attached hydrogens (tertiary/aromatic N) is 1. The van der Waals surface area contributed by atoms with E-state index in [0.717, 1.165) is 0 Å². The Morgan fingerprint density at radius 3 is 2.60 bits per heavy atom. The predicted octanol–water partition coefficient (Wildman–Crippen LogP) is -1.09. The summed E-state index contributed by atoms with van der Waals surface area (Å²) in [4.78, 5) is 24.5. The zero-order chi connectivity index (χ0) is 15.2. The van der Waals surface area contributed by atoms with Gasteiger partial charge < -0.3 is 15.1 Å². The number of carbonyl (C=O) groups excluding carboxylic acids is 1. The summed E-state index contributed by atoms with van der Waals surface area (Å²) in [5, 5.41) is 18.9. The molecule has 1 amide bonds. The van der Waals surface area contributed by atoms with Crippen LogP contribution in [-0.4, -0.2) is 54.4 Å². The number of fused-ring (bicyclic) bond motifs is 1. The number of aliphatic hydroxyl groups excluding tert-OH is 1. The van der Waals surface area contributed by atoms with Crippen molar-refractivity contribution in [2.24, 2.45) is 11.8 Å². The molecule has 4 N–H and O–H groups in total. The lowest BCUT2D eigenvalue weighted by molar-refractivity contribution is -0.163. The summed E-state index contributed by atoms with van der Waals surface area (Å²) in [6, 6.07) is -0.405. The first-order valence-corrected chi connectivity index (χ1v) is 7.19. The number of aliphatic carboxylic acids is 1. The molecule has 9 heteroatoms. The molecule has 8 nitrogen and oxygen atoms in total. The number of amides is 1. The zero-order valence-corrected chi connectivity index (χ0v) is 11.8. The van der Waals surface area contributed by atoms with Crippen LogP contribution in [0.4, 0.5) is 0 Å². The second-order valence-electron chi connectivity index (χ2n) is 5.00. The van der Waals surface area contributed by atoms with Gasteiger partial charge in [-0.2, -0.15) is 0 Å². The Morgan fingerprint density at radius 2 is 2.15 bits per heavy atom. The summed E-state index contributed by atoms with van der Waals surface area (Å²) >= 11 is -2.26. The number of carboxylic acid groups (broad SMARTS) is 1. The predicted molar refractivity (Wildman–Crippen MR) is 68.4 cm³/mol. The van der Waals surface area contributed by atoms with Gasteiger partial charge in [0.05, 0.1) is 18.1 Å². The van der Waals surface area contributed by atoms with Crippen molar-refractivity contribution in [2.75, 3.05) is 6.54 Å². The maximum absolute atomic E-state index is 12.0. The minimum Gasteiger partial charge on any atom is -0.477 e. The van der Waals surface area contributed by atoms with Crippen molar-refractivity contribution in [2.45, 2.75) is 26.0 Å². The molecule has 20 heavy (non-hydrogen) atoms. The highest BCUT2D eigenvalue weighted by Gasteiger charge is 2.59. The molecular weight excluding hydrogens is 288 g/mol. The molecule has 1 fully saturated rings. The third kappa shape index (κ3) is 2.16. The maximum atomic E-state index is 12.0. The number of nitrogens with one attached hydrogen (secondary N) is 1. The van der Waals surface area contributed by atoms with Gasteiger partial charge in [0.25, 0.3) is 0 Å². The quantitative estimate of drug-likeness (QED) is 0.377. The monoisotopic (exact) mass is 304 g/mol. The number of hydrogen-bond donors (Lipinski definition) is 4. The molecule has 0 aliphatic carbocycles. The topological polar surface area (TPSA) is 127 Å². The summed E-state index contributed by atoms with van der Waals surface area (Å²) in [6.45, 7) is 3.14. The highest BCUT2D eigenvalue weighted by Crippen LogP contribution is 2.46. The van der Waals surface area contributed by atoms with Crippen molar-refractivity contribution < 1.29 is 28.6 Å². The number of hydrogen-bond acceptors (Lipinski definition) is 4. The Hall–Kier alpha value is -1.29. The third-order valence-corrected chi connectivity index (χ3v) is 4.30. The lowest BCUT2D eigenvalue weighted by atomic mass is 9.78. The van der Waals surface area contributed by atoms with Crippen molar-refractivity contribution in [1.82, 2.24) is 9.62 Å². The number of β-lactam (4-membered cyclic amide) rings is 1. The first-order valence-electron chi connectivity index (χ1n) is 6.09. The fourth-order valence-electron chi connectivity index (χ4n) is 3.02. The molecule has 0 aromatic carbocycles. The van der Waals surface area contributed by atoms with Gasteiger partial charge in [0.15, 0.2) is 0 Å². The average molecular weight is 304 g/mol. The van der Waals surface area contributed by atoms with Gasteiger partial charge in [0.2, 0.25) is 17.2 Å². The molecule has 5 unspecified atom stereocenters. The number of aliphatic hydroxyl groups is 1. The van der Waals surface area contributed by atoms with Crippen LogP contribution in [0.2, 0.25) is 0 Å². The van der Waals surface area contributed by atoms with Crippen molar-refractivity contribution in [1.29, 1.82) is 0 Å². The molecule has 112 valence electrons. The molecule has 5 atom stereocenters. The lowest BCUT2D eigenvalue weighted by Gasteiger charge is -2.46. The SMILES string of the molecule is CC(O)C1C(=O)N2C(C(=O)O)=C(CNS(=O)O)C(C)C12. The van der Waals surface area contributed by atoms with Crippen LogP contribution in [0.5, 0.6) is 0 Å². The molecule has 2 aliphatic heterocycles. The van der Waals surface area contributed by atoms with E-state index in [0.29, 0.717) is 5.57 Å². The molecule has 2 aliphatic rings. The second-order valence-corrected chi connectivity index (χ2v) is 5.79. The van der Waals surface area contributed by atoms with Crippen molar-refractivity contribution in [3.8, 4) is 0 Å². The Morgan fingerprint density at radius 1 is 1.55 bits per heavy atom. The van der Waals surface area contributed by atoms with E-state index in [1.807, 2.05) is 0 Å². The van der Waals surface area contributed by atoms with Crippen LogP contribution < -0.4 is 4.72 Å². The third-order valence-electron chi connectivity index (χ3n) is 3.90. The van der Waals surface area contributed by atoms with Crippen LogP contribution in [0.15, 0.2) is 11.3 Å². The van der Waals surface area contributed by atoms with E-state index in [9.17, 15) is 24.0 Å². The van der Waals surface area contributed by atoms with E-state index in [-0.39, 0.29) is 18.2 Å². The largest absolute Gasteiger partial charge is 0.477 e. The van der Waals surface area contributed by atoms with Crippen LogP contribution in [0.1, 0.15) is 13.8 Å². The van der Waals surface area contributed by atoms with Gasteiger partial charge in [-0.3, -0.25) is 9.35 Å². The van der Waals surface area contributed by atoms with E-state index in [2.05, 4.69) is 4.72 Å². The van der Waals surface area contributed by atoms with Gasteiger partial charge in [0.1, 0.15) is 5.70 Å². The maximum Gasteiger partial charge on any atom is 0.352 e. The van der Waals surface area contributed by atoms with Crippen LogP contribution in [0, 0.1) is 11.8 Å². The fourth-order valence-corrected chi connectivity index (χ4v) is 3.30. The molecule has 2 rings (SSSR count). The van der Waals surface area contributed by atoms with E-state index in [1.54, 1.807) is 6.92 Å². The van der Waals surface area contributed by atoms with Gasteiger partial charge in [-0.1, -0.05) is 6.92 Å². The highest BCUT2D eigenvalue weighted by molar-refractivity contribution is 7.77. The standard InChI is InChI=1S/C11H16N2O6S/c1-4-6(3-12-20(18)19)9(11(16)17)13-8(4)7(5(2)14)10(13)15/h4-5,7-8,12,14H,3H2,1-2H3,(H,16,17)(H,18,19). The minimum absolute atomic E-state index is 0.0985. The summed E-state index contributed by atoms with van der Waals surface area (Å²) in [7, 11) is 0. The Kier molecular flexibility index (Phi) is 3.96. The number of rotatable bonds is 5. The van der Waals surface area contributed by atoms with Gasteiger partial charge in [-0.15, -0.1) is 0 Å². The Bertz CT molecular complexity index is 517. The molecule has 2 heterocycles. The molecule has 0 saturated carbocycles. The number of carboxylic acids is 1. The van der Waals surface area contributed by atoms with Gasteiger partial charge in [0, 0.05) is 12.5 Å². The molecule has 0 spiro atoms.